The van der Waals surface area contributed by atoms with E-state index in [2.05, 4.69) is 33.5 Å². The number of fused-ring (bicyclic) bond motifs is 2. The number of esters is 1. The molecule has 1 atom stereocenters. The third-order valence-corrected chi connectivity index (χ3v) is 6.02. The van der Waals surface area contributed by atoms with Crippen molar-refractivity contribution in [1.82, 2.24) is 9.97 Å². The molecule has 0 spiro atoms. The quantitative estimate of drug-likeness (QED) is 0.330. The molecule has 1 amide bonds. The molecule has 2 heterocycles. The summed E-state index contributed by atoms with van der Waals surface area (Å²) in [5.74, 6) is -1.02. The summed E-state index contributed by atoms with van der Waals surface area (Å²) in [5.41, 5.74) is 3.16. The molecule has 0 aliphatic heterocycles. The molecule has 5 rings (SSSR count). The molecule has 0 aliphatic rings. The lowest BCUT2D eigenvalue weighted by Crippen LogP contribution is -2.32. The van der Waals surface area contributed by atoms with E-state index in [4.69, 9.17) is 9.15 Å². The first-order chi connectivity index (χ1) is 16.1. The van der Waals surface area contributed by atoms with E-state index in [0.717, 1.165) is 22.0 Å². The van der Waals surface area contributed by atoms with Crippen LogP contribution in [-0.4, -0.2) is 27.9 Å². The van der Waals surface area contributed by atoms with Gasteiger partial charge in [-0.25, -0.2) is 14.8 Å². The number of nitrogens with one attached hydrogen (secondary N) is 1. The van der Waals surface area contributed by atoms with E-state index < -0.39 is 18.0 Å². The first-order valence-corrected chi connectivity index (χ1v) is 11.3. The van der Waals surface area contributed by atoms with Crippen molar-refractivity contribution >= 4 is 50.2 Å². The summed E-state index contributed by atoms with van der Waals surface area (Å²) in [4.78, 5) is 33.9. The minimum Gasteiger partial charge on any atom is -0.449 e. The highest BCUT2D eigenvalue weighted by Crippen LogP contribution is 2.28. The van der Waals surface area contributed by atoms with E-state index in [-0.39, 0.29) is 0 Å². The highest BCUT2D eigenvalue weighted by atomic mass is 32.1. The molecular formula is C25H19N3O4S. The zero-order valence-corrected chi connectivity index (χ0v) is 18.5. The molecule has 2 aromatic heterocycles. The molecular weight excluding hydrogens is 438 g/mol. The monoisotopic (exact) mass is 457 g/mol. The Morgan fingerprint density at radius 2 is 1.94 bits per heavy atom. The second-order valence-corrected chi connectivity index (χ2v) is 8.28. The molecule has 0 saturated heterocycles. The Morgan fingerprint density at radius 1 is 1.09 bits per heavy atom. The molecule has 3 aromatic carbocycles. The van der Waals surface area contributed by atoms with Gasteiger partial charge in [0.25, 0.3) is 5.91 Å². The second kappa shape index (κ2) is 8.84. The summed E-state index contributed by atoms with van der Waals surface area (Å²) in [6.45, 7) is 1.78. The van der Waals surface area contributed by atoms with Crippen molar-refractivity contribution in [2.45, 2.75) is 19.4 Å². The summed E-state index contributed by atoms with van der Waals surface area (Å²) in [6.07, 6.45) is 0.688. The van der Waals surface area contributed by atoms with Crippen molar-refractivity contribution in [2.24, 2.45) is 0 Å². The van der Waals surface area contributed by atoms with Gasteiger partial charge in [-0.2, -0.15) is 0 Å². The fourth-order valence-corrected chi connectivity index (χ4v) is 4.23. The minimum atomic E-state index is -0.946. The van der Waals surface area contributed by atoms with Crippen molar-refractivity contribution in [1.29, 1.82) is 0 Å². The average Bonchev–Trinajstić information content (AvgIpc) is 3.51. The third kappa shape index (κ3) is 4.33. The molecule has 7 nitrogen and oxygen atoms in total. The molecule has 164 valence electrons. The summed E-state index contributed by atoms with van der Waals surface area (Å²) < 4.78 is 10.6. The van der Waals surface area contributed by atoms with Gasteiger partial charge in [0, 0.05) is 10.9 Å². The number of ether oxygens (including phenoxy) is 1. The van der Waals surface area contributed by atoms with Crippen LogP contribution in [0, 0.1) is 0 Å². The predicted molar refractivity (Wildman–Crippen MR) is 127 cm³/mol. The topological polar surface area (TPSA) is 94.3 Å². The summed E-state index contributed by atoms with van der Waals surface area (Å²) in [6, 6.07) is 19.0. The number of anilines is 1. The van der Waals surface area contributed by atoms with Crippen LogP contribution in [0.2, 0.25) is 0 Å². The van der Waals surface area contributed by atoms with Crippen molar-refractivity contribution in [3.8, 4) is 11.3 Å². The van der Waals surface area contributed by atoms with Crippen molar-refractivity contribution in [2.75, 3.05) is 5.32 Å². The zero-order valence-electron chi connectivity index (χ0n) is 17.6. The van der Waals surface area contributed by atoms with Gasteiger partial charge in [0.05, 0.1) is 11.3 Å². The van der Waals surface area contributed by atoms with Crippen molar-refractivity contribution < 1.29 is 18.7 Å². The second-order valence-electron chi connectivity index (χ2n) is 7.43. The fourth-order valence-electron chi connectivity index (χ4n) is 3.50. The van der Waals surface area contributed by atoms with Crippen LogP contribution < -0.4 is 5.32 Å². The average molecular weight is 458 g/mol. The van der Waals surface area contributed by atoms with Crippen molar-refractivity contribution in [3.05, 3.63) is 78.0 Å². The maximum atomic E-state index is 12.8. The number of carbonyl (C=O) groups is 2. The van der Waals surface area contributed by atoms with Gasteiger partial charge >= 0.3 is 5.97 Å². The highest BCUT2D eigenvalue weighted by molar-refractivity contribution is 7.14. The maximum absolute atomic E-state index is 12.8. The molecule has 0 fully saturated rings. The number of nitrogens with zero attached hydrogens (tertiary/aromatic N) is 2. The Labute approximate surface area is 193 Å². The van der Waals surface area contributed by atoms with Crippen LogP contribution in [0.15, 0.2) is 76.9 Å². The number of oxazole rings is 1. The van der Waals surface area contributed by atoms with Crippen LogP contribution >= 0.6 is 11.3 Å². The zero-order chi connectivity index (χ0) is 22.8. The first-order valence-electron chi connectivity index (χ1n) is 10.4. The molecule has 5 aromatic rings. The van der Waals surface area contributed by atoms with E-state index >= 15 is 0 Å². The van der Waals surface area contributed by atoms with Gasteiger partial charge < -0.3 is 9.15 Å². The van der Waals surface area contributed by atoms with E-state index in [9.17, 15) is 9.59 Å². The number of hydrogen-bond donors (Lipinski definition) is 1. The van der Waals surface area contributed by atoms with Crippen LogP contribution in [0.25, 0.3) is 33.1 Å². The SMILES string of the molecule is CCC(OC(=O)c1ccc2ocnc2c1)C(=O)Nc1nc(-c2ccc3ccccc3c2)cs1. The van der Waals surface area contributed by atoms with Crippen LogP contribution in [0.5, 0.6) is 0 Å². The summed E-state index contributed by atoms with van der Waals surface area (Å²) in [7, 11) is 0. The van der Waals surface area contributed by atoms with Gasteiger partial charge in [-0.3, -0.25) is 10.1 Å². The lowest BCUT2D eigenvalue weighted by atomic mass is 10.1. The fraction of sp³-hybridized carbons (Fsp3) is 0.120. The van der Waals surface area contributed by atoms with Gasteiger partial charge in [0.1, 0.15) is 5.52 Å². The lowest BCUT2D eigenvalue weighted by molar-refractivity contribution is -0.124. The van der Waals surface area contributed by atoms with Gasteiger partial charge in [0.15, 0.2) is 23.2 Å². The number of carbonyl (C=O) groups excluding carboxylic acids is 2. The number of thiazole rings is 1. The van der Waals surface area contributed by atoms with Gasteiger partial charge in [-0.1, -0.05) is 43.3 Å². The number of rotatable bonds is 6. The molecule has 0 radical (unpaired) electrons. The molecule has 1 unspecified atom stereocenters. The van der Waals surface area contributed by atoms with Crippen LogP contribution in [0.4, 0.5) is 5.13 Å². The third-order valence-electron chi connectivity index (χ3n) is 5.26. The molecule has 0 bridgehead atoms. The Kier molecular flexibility index (Phi) is 5.58. The molecule has 0 saturated carbocycles. The number of benzene rings is 3. The van der Waals surface area contributed by atoms with E-state index in [0.29, 0.717) is 28.2 Å². The number of amides is 1. The van der Waals surface area contributed by atoms with Gasteiger partial charge in [0.2, 0.25) is 0 Å². The van der Waals surface area contributed by atoms with E-state index in [1.165, 1.54) is 17.7 Å². The number of hydrogen-bond acceptors (Lipinski definition) is 7. The van der Waals surface area contributed by atoms with Crippen LogP contribution in [0.3, 0.4) is 0 Å². The molecule has 1 N–H and O–H groups in total. The Morgan fingerprint density at radius 3 is 2.79 bits per heavy atom. The normalized spacial score (nSPS) is 12.0. The Hall–Kier alpha value is -4.04. The summed E-state index contributed by atoms with van der Waals surface area (Å²) in [5, 5.41) is 7.37. The van der Waals surface area contributed by atoms with Gasteiger partial charge in [-0.05, 0) is 41.5 Å². The minimum absolute atomic E-state index is 0.301. The molecule has 33 heavy (non-hydrogen) atoms. The van der Waals surface area contributed by atoms with Gasteiger partial charge in [-0.15, -0.1) is 11.3 Å². The standard InChI is InChI=1S/C25H19N3O4S/c1-2-21(32-24(30)18-9-10-22-19(12-18)26-14-31-22)23(29)28-25-27-20(13-33-25)17-8-7-15-5-3-4-6-16(15)11-17/h3-14,21H,2H2,1H3,(H,27,28,29). The maximum Gasteiger partial charge on any atom is 0.338 e. The van der Waals surface area contributed by atoms with E-state index in [1.807, 2.05) is 29.6 Å². The Balaban J connectivity index is 1.27. The smallest absolute Gasteiger partial charge is 0.338 e. The number of aromatic nitrogens is 2. The van der Waals surface area contributed by atoms with Crippen molar-refractivity contribution in [3.63, 3.8) is 0 Å². The Bertz CT molecular complexity index is 1470. The highest BCUT2D eigenvalue weighted by Gasteiger charge is 2.23. The molecule has 8 heteroatoms. The van der Waals surface area contributed by atoms with Crippen LogP contribution in [0.1, 0.15) is 23.7 Å². The van der Waals surface area contributed by atoms with E-state index in [1.54, 1.807) is 25.1 Å². The summed E-state index contributed by atoms with van der Waals surface area (Å²) >= 11 is 1.32. The van der Waals surface area contributed by atoms with Crippen LogP contribution in [-0.2, 0) is 9.53 Å². The lowest BCUT2D eigenvalue weighted by Gasteiger charge is -2.15. The predicted octanol–water partition coefficient (Wildman–Crippen LogP) is 5.68. The first kappa shape index (κ1) is 20.8. The molecule has 0 aliphatic carbocycles. The largest absolute Gasteiger partial charge is 0.449 e.